The van der Waals surface area contributed by atoms with Crippen LogP contribution < -0.4 is 0 Å². The molecule has 0 aliphatic carbocycles. The number of esters is 3. The van der Waals surface area contributed by atoms with Crippen molar-refractivity contribution in [2.45, 2.75) is 252 Å². The topological polar surface area (TPSA) is 78.9 Å². The van der Waals surface area contributed by atoms with Gasteiger partial charge in [-0.15, -0.1) is 0 Å². The average molecular weight is 891 g/mol. The molecule has 0 rings (SSSR count). The first-order valence-electron chi connectivity index (χ1n) is 26.7. The van der Waals surface area contributed by atoms with Crippen molar-refractivity contribution in [3.8, 4) is 0 Å². The Kier molecular flexibility index (Phi) is 49.4. The minimum atomic E-state index is -0.800. The molecule has 6 heteroatoms. The van der Waals surface area contributed by atoms with Crippen molar-refractivity contribution in [1.29, 1.82) is 0 Å². The molecule has 0 aromatic carbocycles. The largest absolute Gasteiger partial charge is 0.462 e. The molecule has 0 saturated heterocycles. The Bertz CT molecular complexity index is 1250. The maximum Gasteiger partial charge on any atom is 0.306 e. The third-order valence-corrected chi connectivity index (χ3v) is 11.2. The Hall–Kier alpha value is -3.41. The van der Waals surface area contributed by atoms with Gasteiger partial charge < -0.3 is 14.2 Å². The fourth-order valence-corrected chi connectivity index (χ4v) is 7.15. The van der Waals surface area contributed by atoms with Crippen LogP contribution in [0.3, 0.4) is 0 Å². The summed E-state index contributed by atoms with van der Waals surface area (Å²) in [6.07, 6.45) is 67.2. The average Bonchev–Trinajstić information content (AvgIpc) is 3.29. The van der Waals surface area contributed by atoms with Gasteiger partial charge in [0.2, 0.25) is 0 Å². The van der Waals surface area contributed by atoms with Gasteiger partial charge in [-0.25, -0.2) is 0 Å². The van der Waals surface area contributed by atoms with Gasteiger partial charge >= 0.3 is 17.9 Å². The molecule has 0 spiro atoms. The lowest BCUT2D eigenvalue weighted by Crippen LogP contribution is -2.30. The van der Waals surface area contributed by atoms with Crippen LogP contribution >= 0.6 is 0 Å². The van der Waals surface area contributed by atoms with E-state index >= 15 is 0 Å². The van der Waals surface area contributed by atoms with Crippen molar-refractivity contribution in [3.63, 3.8) is 0 Å². The lowest BCUT2D eigenvalue weighted by Gasteiger charge is -2.18. The second kappa shape index (κ2) is 52.2. The predicted octanol–water partition coefficient (Wildman–Crippen LogP) is 17.6. The van der Waals surface area contributed by atoms with Crippen LogP contribution in [0.5, 0.6) is 0 Å². The number of hydrogen-bond donors (Lipinski definition) is 0. The zero-order chi connectivity index (χ0) is 46.5. The summed E-state index contributed by atoms with van der Waals surface area (Å²) in [5.74, 6) is -0.961. The summed E-state index contributed by atoms with van der Waals surface area (Å²) in [4.78, 5) is 37.9. The minimum Gasteiger partial charge on any atom is -0.462 e. The molecule has 0 N–H and O–H groups in total. The van der Waals surface area contributed by atoms with Gasteiger partial charge in [0.25, 0.3) is 0 Å². The molecule has 0 aliphatic rings. The Morgan fingerprint density at radius 1 is 0.312 bits per heavy atom. The van der Waals surface area contributed by atoms with Gasteiger partial charge in [0.05, 0.1) is 0 Å². The van der Waals surface area contributed by atoms with E-state index in [-0.39, 0.29) is 31.1 Å². The van der Waals surface area contributed by atoms with Crippen molar-refractivity contribution < 1.29 is 28.6 Å². The van der Waals surface area contributed by atoms with Crippen molar-refractivity contribution in [1.82, 2.24) is 0 Å². The Labute approximate surface area is 395 Å². The number of unbranched alkanes of at least 4 members (excludes halogenated alkanes) is 26. The summed E-state index contributed by atoms with van der Waals surface area (Å²) in [6.45, 7) is 6.49. The molecule has 1 unspecified atom stereocenters. The maximum absolute atomic E-state index is 12.8. The molecular weight excluding hydrogens is 793 g/mol. The van der Waals surface area contributed by atoms with Crippen molar-refractivity contribution in [3.05, 3.63) is 85.1 Å². The number of rotatable bonds is 47. The molecule has 1 atom stereocenters. The van der Waals surface area contributed by atoms with E-state index in [0.29, 0.717) is 25.7 Å². The van der Waals surface area contributed by atoms with Gasteiger partial charge in [-0.1, -0.05) is 221 Å². The van der Waals surface area contributed by atoms with Crippen LogP contribution in [0, 0.1) is 0 Å². The third-order valence-electron chi connectivity index (χ3n) is 11.2. The molecule has 366 valence electrons. The van der Waals surface area contributed by atoms with E-state index in [1.165, 1.54) is 122 Å². The summed E-state index contributed by atoms with van der Waals surface area (Å²) in [7, 11) is 0. The van der Waals surface area contributed by atoms with Gasteiger partial charge in [0, 0.05) is 19.3 Å². The van der Waals surface area contributed by atoms with E-state index in [9.17, 15) is 14.4 Å². The Balaban J connectivity index is 4.38. The molecular formula is C58H98O6. The summed E-state index contributed by atoms with van der Waals surface area (Å²) in [5, 5.41) is 0. The number of ether oxygens (including phenoxy) is 3. The maximum atomic E-state index is 12.8. The second-order valence-electron chi connectivity index (χ2n) is 17.5. The first-order valence-corrected chi connectivity index (χ1v) is 26.7. The van der Waals surface area contributed by atoms with Crippen LogP contribution in [0.4, 0.5) is 0 Å². The number of carbonyl (C=O) groups is 3. The van der Waals surface area contributed by atoms with E-state index in [2.05, 4.69) is 106 Å². The van der Waals surface area contributed by atoms with Crippen LogP contribution in [-0.2, 0) is 28.6 Å². The predicted molar refractivity (Wildman–Crippen MR) is 274 cm³/mol. The highest BCUT2D eigenvalue weighted by molar-refractivity contribution is 5.71. The van der Waals surface area contributed by atoms with Crippen molar-refractivity contribution in [2.75, 3.05) is 13.2 Å². The number of allylic oxidation sites excluding steroid dienone is 14. The van der Waals surface area contributed by atoms with Crippen molar-refractivity contribution >= 4 is 17.9 Å². The lowest BCUT2D eigenvalue weighted by atomic mass is 10.1. The highest BCUT2D eigenvalue weighted by atomic mass is 16.6. The van der Waals surface area contributed by atoms with Crippen LogP contribution in [0.2, 0.25) is 0 Å². The molecule has 0 aromatic rings. The van der Waals surface area contributed by atoms with Crippen LogP contribution in [0.15, 0.2) is 85.1 Å². The molecule has 6 nitrogen and oxygen atoms in total. The van der Waals surface area contributed by atoms with Gasteiger partial charge in [-0.3, -0.25) is 14.4 Å². The molecule has 0 saturated carbocycles. The molecule has 0 aromatic heterocycles. The monoisotopic (exact) mass is 891 g/mol. The summed E-state index contributed by atoms with van der Waals surface area (Å²) in [5.41, 5.74) is 0. The number of hydrogen-bond acceptors (Lipinski definition) is 6. The molecule has 0 radical (unpaired) electrons. The fraction of sp³-hybridized carbons (Fsp3) is 0.707. The minimum absolute atomic E-state index is 0.0970. The lowest BCUT2D eigenvalue weighted by molar-refractivity contribution is -0.167. The van der Waals surface area contributed by atoms with Gasteiger partial charge in [-0.05, 0) is 89.9 Å². The highest BCUT2D eigenvalue weighted by Gasteiger charge is 2.19. The quantitative estimate of drug-likeness (QED) is 0.0199. The zero-order valence-corrected chi connectivity index (χ0v) is 41.8. The van der Waals surface area contributed by atoms with E-state index in [1.54, 1.807) is 0 Å². The van der Waals surface area contributed by atoms with Crippen LogP contribution in [-0.4, -0.2) is 37.2 Å². The SMILES string of the molecule is CCCCC\C=C/C=C\C=C/C=C\CCCCCCCC(=O)OC(COC(=O)CCC/C=C\CCCCCC)COC(=O)CCCCCCCCCCCC/C=C\C=C/CCCCC. The first-order chi connectivity index (χ1) is 31.5. The van der Waals surface area contributed by atoms with E-state index in [0.717, 1.165) is 77.0 Å². The van der Waals surface area contributed by atoms with Crippen LogP contribution in [0.1, 0.15) is 245 Å². The van der Waals surface area contributed by atoms with E-state index in [1.807, 2.05) is 0 Å². The molecule has 0 fully saturated rings. The number of carbonyl (C=O) groups excluding carboxylic acids is 3. The van der Waals surface area contributed by atoms with Crippen LogP contribution in [0.25, 0.3) is 0 Å². The Morgan fingerprint density at radius 3 is 1.03 bits per heavy atom. The van der Waals surface area contributed by atoms with Gasteiger partial charge in [0.15, 0.2) is 6.10 Å². The molecule has 64 heavy (non-hydrogen) atoms. The fourth-order valence-electron chi connectivity index (χ4n) is 7.15. The summed E-state index contributed by atoms with van der Waals surface area (Å²) < 4.78 is 16.7. The third kappa shape index (κ3) is 49.6. The second-order valence-corrected chi connectivity index (χ2v) is 17.5. The summed E-state index contributed by atoms with van der Waals surface area (Å²) in [6, 6.07) is 0. The van der Waals surface area contributed by atoms with E-state index in [4.69, 9.17) is 14.2 Å². The smallest absolute Gasteiger partial charge is 0.306 e. The first kappa shape index (κ1) is 60.6. The van der Waals surface area contributed by atoms with Crippen molar-refractivity contribution in [2.24, 2.45) is 0 Å². The zero-order valence-electron chi connectivity index (χ0n) is 41.8. The van der Waals surface area contributed by atoms with E-state index < -0.39 is 6.10 Å². The Morgan fingerprint density at radius 2 is 0.594 bits per heavy atom. The van der Waals surface area contributed by atoms with Gasteiger partial charge in [0.1, 0.15) is 13.2 Å². The molecule has 0 bridgehead atoms. The standard InChI is InChI=1S/C58H98O6/c1-4-7-10-13-16-19-21-23-25-27-29-31-32-34-36-39-42-45-48-51-57(60)63-54-55(53-62-56(59)50-47-44-41-38-18-15-12-9-6-3)64-58(61)52-49-46-43-40-37-35-33-30-28-26-24-22-20-17-14-11-8-5-2/h16-17,19-24,26,28,30,33,38,41,55H,4-15,18,25,27,29,31-32,34-37,39-40,42-54H2,1-3H3/b19-16-,20-17-,23-21-,24-22-,28-26-,33-30-,41-38-. The highest BCUT2D eigenvalue weighted by Crippen LogP contribution is 2.14. The normalized spacial score (nSPS) is 12.7. The summed E-state index contributed by atoms with van der Waals surface area (Å²) >= 11 is 0. The molecule has 0 heterocycles. The molecule has 0 amide bonds. The van der Waals surface area contributed by atoms with Gasteiger partial charge in [-0.2, -0.15) is 0 Å². The molecule has 0 aliphatic heterocycles.